The number of hydrogen-bond donors (Lipinski definition) is 0. The minimum Gasteiger partial charge on any atom is -0.293 e. The van der Waals surface area contributed by atoms with Crippen LogP contribution < -0.4 is 0 Å². The van der Waals surface area contributed by atoms with E-state index in [4.69, 9.17) is 11.6 Å². The highest BCUT2D eigenvalue weighted by Gasteiger charge is 2.19. The number of rotatable bonds is 3. The van der Waals surface area contributed by atoms with Crippen molar-refractivity contribution in [1.29, 1.82) is 0 Å². The third-order valence-electron chi connectivity index (χ3n) is 3.20. The van der Waals surface area contributed by atoms with Gasteiger partial charge in [0, 0.05) is 12.3 Å². The lowest BCUT2D eigenvalue weighted by atomic mass is 10.2. The zero-order valence-corrected chi connectivity index (χ0v) is 11.5. The molecule has 0 aliphatic rings. The van der Waals surface area contributed by atoms with Gasteiger partial charge in [0.05, 0.1) is 16.7 Å². The van der Waals surface area contributed by atoms with Crippen molar-refractivity contribution in [2.45, 2.75) is 6.42 Å². The summed E-state index contributed by atoms with van der Waals surface area (Å²) in [6, 6.07) is 9.16. The van der Waals surface area contributed by atoms with Gasteiger partial charge in [-0.05, 0) is 24.3 Å². The topological polar surface area (TPSA) is 17.8 Å². The first kappa shape index (κ1) is 13.9. The van der Waals surface area contributed by atoms with Crippen molar-refractivity contribution in [3.63, 3.8) is 0 Å². The number of fused-ring (bicyclic) bond motifs is 1. The van der Waals surface area contributed by atoms with E-state index < -0.39 is 17.5 Å². The number of halogens is 4. The van der Waals surface area contributed by atoms with E-state index >= 15 is 0 Å². The van der Waals surface area contributed by atoms with Crippen LogP contribution in [-0.2, 0) is 6.42 Å². The predicted octanol–water partition coefficient (Wildman–Crippen LogP) is 4.22. The summed E-state index contributed by atoms with van der Waals surface area (Å²) in [5, 5.41) is 0. The maximum atomic E-state index is 14.1. The molecule has 1 aromatic heterocycles. The lowest BCUT2D eigenvalue weighted by Gasteiger charge is -2.10. The first-order valence-electron chi connectivity index (χ1n) is 6.29. The van der Waals surface area contributed by atoms with E-state index in [1.165, 1.54) is 10.6 Å². The average molecular weight is 311 g/mol. The van der Waals surface area contributed by atoms with Gasteiger partial charge in [-0.1, -0.05) is 12.1 Å². The maximum Gasteiger partial charge on any atom is 0.196 e. The van der Waals surface area contributed by atoms with Crippen LogP contribution in [0.15, 0.2) is 36.4 Å². The van der Waals surface area contributed by atoms with Crippen molar-refractivity contribution in [1.82, 2.24) is 9.55 Å². The number of imidazole rings is 1. The average Bonchev–Trinajstić information content (AvgIpc) is 2.84. The van der Waals surface area contributed by atoms with E-state index in [0.717, 1.165) is 6.07 Å². The predicted molar refractivity (Wildman–Crippen MR) is 75.4 cm³/mol. The Kier molecular flexibility index (Phi) is 3.59. The molecule has 0 aliphatic heterocycles. The fourth-order valence-electron chi connectivity index (χ4n) is 2.29. The molecule has 0 aliphatic carbocycles. The van der Waals surface area contributed by atoms with Gasteiger partial charge in [-0.2, -0.15) is 0 Å². The summed E-state index contributed by atoms with van der Waals surface area (Å²) in [6.07, 6.45) is 0.384. The number of aryl methyl sites for hydroxylation is 1. The summed E-state index contributed by atoms with van der Waals surface area (Å²) >= 11 is 5.74. The molecular formula is C15H10ClF3N2. The molecule has 0 bridgehead atoms. The van der Waals surface area contributed by atoms with Gasteiger partial charge in [-0.3, -0.25) is 4.57 Å². The van der Waals surface area contributed by atoms with Crippen LogP contribution >= 0.6 is 11.6 Å². The van der Waals surface area contributed by atoms with Gasteiger partial charge in [-0.25, -0.2) is 18.2 Å². The minimum atomic E-state index is -1.50. The van der Waals surface area contributed by atoms with Crippen LogP contribution in [0, 0.1) is 17.5 Å². The number of alkyl halides is 1. The lowest BCUT2D eigenvalue weighted by Crippen LogP contribution is -2.06. The van der Waals surface area contributed by atoms with Gasteiger partial charge in [0.2, 0.25) is 0 Å². The van der Waals surface area contributed by atoms with Gasteiger partial charge < -0.3 is 0 Å². The molecule has 0 amide bonds. The van der Waals surface area contributed by atoms with Crippen molar-refractivity contribution in [3.8, 4) is 5.69 Å². The molecule has 0 unspecified atom stereocenters. The second-order valence-electron chi connectivity index (χ2n) is 4.49. The standard InChI is InChI=1S/C15H10ClF3N2/c16-8-7-13-20-10-3-1-2-4-11(10)21(13)12-6-5-9(17)14(18)15(12)19/h1-6H,7-8H2. The third kappa shape index (κ3) is 2.27. The third-order valence-corrected chi connectivity index (χ3v) is 3.39. The summed E-state index contributed by atoms with van der Waals surface area (Å²) in [5.41, 5.74) is 1.17. The van der Waals surface area contributed by atoms with Crippen LogP contribution in [0.5, 0.6) is 0 Å². The Bertz CT molecular complexity index is 814. The summed E-state index contributed by atoms with van der Waals surface area (Å²) in [5.74, 6) is -3.18. The monoisotopic (exact) mass is 310 g/mol. The molecule has 0 spiro atoms. The molecule has 0 fully saturated rings. The molecule has 1 heterocycles. The highest BCUT2D eigenvalue weighted by atomic mass is 35.5. The molecule has 0 atom stereocenters. The highest BCUT2D eigenvalue weighted by molar-refractivity contribution is 6.17. The molecular weight excluding hydrogens is 301 g/mol. The summed E-state index contributed by atoms with van der Waals surface area (Å²) in [4.78, 5) is 4.37. The Hall–Kier alpha value is -2.01. The molecule has 0 saturated carbocycles. The van der Waals surface area contributed by atoms with Crippen LogP contribution in [0.2, 0.25) is 0 Å². The van der Waals surface area contributed by atoms with Crippen molar-refractivity contribution >= 4 is 22.6 Å². The second-order valence-corrected chi connectivity index (χ2v) is 4.86. The number of aromatic nitrogens is 2. The van der Waals surface area contributed by atoms with Crippen LogP contribution in [0.3, 0.4) is 0 Å². The SMILES string of the molecule is Fc1ccc(-n2c(CCCl)nc3ccccc32)c(F)c1F. The fourth-order valence-corrected chi connectivity index (χ4v) is 2.45. The van der Waals surface area contributed by atoms with E-state index in [9.17, 15) is 13.2 Å². The zero-order valence-electron chi connectivity index (χ0n) is 10.8. The van der Waals surface area contributed by atoms with Gasteiger partial charge in [0.25, 0.3) is 0 Å². The molecule has 0 radical (unpaired) electrons. The maximum absolute atomic E-state index is 14.1. The smallest absolute Gasteiger partial charge is 0.196 e. The van der Waals surface area contributed by atoms with E-state index in [1.54, 1.807) is 24.3 Å². The van der Waals surface area contributed by atoms with Gasteiger partial charge in [0.1, 0.15) is 5.82 Å². The molecule has 2 nitrogen and oxygen atoms in total. The Morgan fingerprint density at radius 2 is 1.76 bits per heavy atom. The Morgan fingerprint density at radius 3 is 2.52 bits per heavy atom. The van der Waals surface area contributed by atoms with Crippen LogP contribution in [0.25, 0.3) is 16.7 Å². The van der Waals surface area contributed by atoms with Crippen molar-refractivity contribution in [2.24, 2.45) is 0 Å². The van der Waals surface area contributed by atoms with Crippen LogP contribution in [0.1, 0.15) is 5.82 Å². The molecule has 108 valence electrons. The van der Waals surface area contributed by atoms with E-state index in [-0.39, 0.29) is 11.6 Å². The van der Waals surface area contributed by atoms with Crippen molar-refractivity contribution in [2.75, 3.05) is 5.88 Å². The highest BCUT2D eigenvalue weighted by Crippen LogP contribution is 2.26. The fraction of sp³-hybridized carbons (Fsp3) is 0.133. The number of nitrogens with zero attached hydrogens (tertiary/aromatic N) is 2. The van der Waals surface area contributed by atoms with E-state index in [0.29, 0.717) is 23.3 Å². The Labute approximate surface area is 123 Å². The van der Waals surface area contributed by atoms with E-state index in [2.05, 4.69) is 4.98 Å². The molecule has 2 aromatic carbocycles. The first-order chi connectivity index (χ1) is 10.1. The largest absolute Gasteiger partial charge is 0.293 e. The number of hydrogen-bond acceptors (Lipinski definition) is 1. The molecule has 6 heteroatoms. The van der Waals surface area contributed by atoms with Crippen LogP contribution in [-0.4, -0.2) is 15.4 Å². The summed E-state index contributed by atoms with van der Waals surface area (Å²) < 4.78 is 42.1. The zero-order chi connectivity index (χ0) is 15.0. The molecule has 0 saturated heterocycles. The molecule has 21 heavy (non-hydrogen) atoms. The van der Waals surface area contributed by atoms with Gasteiger partial charge in [-0.15, -0.1) is 11.6 Å². The number of benzene rings is 2. The van der Waals surface area contributed by atoms with Gasteiger partial charge in [0.15, 0.2) is 17.5 Å². The van der Waals surface area contributed by atoms with Crippen molar-refractivity contribution < 1.29 is 13.2 Å². The Morgan fingerprint density at radius 1 is 1.00 bits per heavy atom. The minimum absolute atomic E-state index is 0.0808. The summed E-state index contributed by atoms with van der Waals surface area (Å²) in [6.45, 7) is 0. The Balaban J connectivity index is 2.33. The van der Waals surface area contributed by atoms with E-state index in [1.807, 2.05) is 0 Å². The lowest BCUT2D eigenvalue weighted by molar-refractivity contribution is 0.444. The first-order valence-corrected chi connectivity index (χ1v) is 6.83. The molecule has 0 N–H and O–H groups in total. The quantitative estimate of drug-likeness (QED) is 0.523. The van der Waals surface area contributed by atoms with Crippen LogP contribution in [0.4, 0.5) is 13.2 Å². The van der Waals surface area contributed by atoms with Crippen molar-refractivity contribution in [3.05, 3.63) is 59.7 Å². The van der Waals surface area contributed by atoms with Gasteiger partial charge >= 0.3 is 0 Å². The summed E-state index contributed by atoms with van der Waals surface area (Å²) in [7, 11) is 0. The number of para-hydroxylation sites is 2. The molecule has 3 rings (SSSR count). The normalized spacial score (nSPS) is 11.2. The second kappa shape index (κ2) is 5.41. The molecule has 3 aromatic rings.